The average Bonchev–Trinajstić information content (AvgIpc) is 2.64. The summed E-state index contributed by atoms with van der Waals surface area (Å²) in [6.07, 6.45) is 1.86. The van der Waals surface area contributed by atoms with Gasteiger partial charge in [-0.15, -0.1) is 0 Å². The van der Waals surface area contributed by atoms with Gasteiger partial charge in [0.1, 0.15) is 0 Å². The molecular formula is C24H29NO2. The third kappa shape index (κ3) is 4.48. The summed E-state index contributed by atoms with van der Waals surface area (Å²) in [5.74, 6) is 0.0751. The Labute approximate surface area is 162 Å². The summed E-state index contributed by atoms with van der Waals surface area (Å²) in [6, 6.07) is 18.1. The molecule has 142 valence electrons. The van der Waals surface area contributed by atoms with Gasteiger partial charge >= 0.3 is 0 Å². The number of aliphatic hydroxyl groups is 1. The SMILES string of the molecule is CC(C)=C(C(=O)N1CCC(O)(Cc2ccccc2)CC1)c1ccccc1C. The Hall–Kier alpha value is -2.39. The molecule has 1 heterocycles. The van der Waals surface area contributed by atoms with Crippen LogP contribution in [0.4, 0.5) is 0 Å². The number of hydrogen-bond acceptors (Lipinski definition) is 2. The van der Waals surface area contributed by atoms with Crippen molar-refractivity contribution in [2.75, 3.05) is 13.1 Å². The molecule has 2 aromatic carbocycles. The van der Waals surface area contributed by atoms with Gasteiger partial charge < -0.3 is 10.0 Å². The van der Waals surface area contributed by atoms with Crippen LogP contribution in [0.3, 0.4) is 0 Å². The number of nitrogens with zero attached hydrogens (tertiary/aromatic N) is 1. The monoisotopic (exact) mass is 363 g/mol. The molecule has 1 aliphatic heterocycles. The highest BCUT2D eigenvalue weighted by Gasteiger charge is 2.35. The molecule has 3 rings (SSSR count). The van der Waals surface area contributed by atoms with Crippen molar-refractivity contribution in [3.63, 3.8) is 0 Å². The van der Waals surface area contributed by atoms with E-state index < -0.39 is 5.60 Å². The summed E-state index contributed by atoms with van der Waals surface area (Å²) in [7, 11) is 0. The lowest BCUT2D eigenvalue weighted by molar-refractivity contribution is -0.129. The molecule has 1 fully saturated rings. The lowest BCUT2D eigenvalue weighted by Gasteiger charge is -2.39. The second-order valence-corrected chi connectivity index (χ2v) is 7.87. The zero-order valence-electron chi connectivity index (χ0n) is 16.5. The predicted octanol–water partition coefficient (Wildman–Crippen LogP) is 4.38. The first kappa shape index (κ1) is 19.4. The summed E-state index contributed by atoms with van der Waals surface area (Å²) < 4.78 is 0. The van der Waals surface area contributed by atoms with Gasteiger partial charge in [0, 0.05) is 25.1 Å². The number of rotatable bonds is 4. The zero-order valence-corrected chi connectivity index (χ0v) is 16.5. The highest BCUT2D eigenvalue weighted by atomic mass is 16.3. The normalized spacial score (nSPS) is 16.1. The van der Waals surface area contributed by atoms with Crippen molar-refractivity contribution in [1.29, 1.82) is 0 Å². The molecule has 0 unspecified atom stereocenters. The van der Waals surface area contributed by atoms with Crippen LogP contribution in [0.15, 0.2) is 60.2 Å². The molecular weight excluding hydrogens is 334 g/mol. The Morgan fingerprint density at radius 3 is 2.19 bits per heavy atom. The number of piperidine rings is 1. The molecule has 2 aromatic rings. The molecule has 0 aliphatic carbocycles. The largest absolute Gasteiger partial charge is 0.389 e. The summed E-state index contributed by atoms with van der Waals surface area (Å²) in [5.41, 5.74) is 4.35. The first-order valence-electron chi connectivity index (χ1n) is 9.69. The van der Waals surface area contributed by atoms with Crippen molar-refractivity contribution in [1.82, 2.24) is 4.90 Å². The van der Waals surface area contributed by atoms with Crippen LogP contribution < -0.4 is 0 Å². The molecule has 0 bridgehead atoms. The number of likely N-dealkylation sites (tertiary alicyclic amines) is 1. The summed E-state index contributed by atoms with van der Waals surface area (Å²) in [4.78, 5) is 15.1. The summed E-state index contributed by atoms with van der Waals surface area (Å²) >= 11 is 0. The van der Waals surface area contributed by atoms with Crippen LogP contribution in [0.25, 0.3) is 5.57 Å². The van der Waals surface area contributed by atoms with Gasteiger partial charge in [-0.25, -0.2) is 0 Å². The molecule has 0 spiro atoms. The maximum Gasteiger partial charge on any atom is 0.254 e. The highest BCUT2D eigenvalue weighted by molar-refractivity contribution is 6.20. The van der Waals surface area contributed by atoms with Crippen molar-refractivity contribution < 1.29 is 9.90 Å². The van der Waals surface area contributed by atoms with E-state index in [1.165, 1.54) is 0 Å². The highest BCUT2D eigenvalue weighted by Crippen LogP contribution is 2.30. The Morgan fingerprint density at radius 1 is 1.00 bits per heavy atom. The molecule has 1 saturated heterocycles. The summed E-state index contributed by atoms with van der Waals surface area (Å²) in [6.45, 7) is 7.21. The molecule has 0 atom stereocenters. The lowest BCUT2D eigenvalue weighted by atomic mass is 9.85. The standard InChI is InChI=1S/C24H29NO2/c1-18(2)22(21-12-8-7-9-19(21)3)23(26)25-15-13-24(27,14-16-25)17-20-10-5-4-6-11-20/h4-12,27H,13-17H2,1-3H3. The molecule has 27 heavy (non-hydrogen) atoms. The van der Waals surface area contributed by atoms with Gasteiger partial charge in [0.05, 0.1) is 5.60 Å². The van der Waals surface area contributed by atoms with E-state index in [1.54, 1.807) is 0 Å². The van der Waals surface area contributed by atoms with Crippen LogP contribution in [-0.4, -0.2) is 34.6 Å². The van der Waals surface area contributed by atoms with E-state index in [0.29, 0.717) is 32.4 Å². The Bertz CT molecular complexity index is 826. The van der Waals surface area contributed by atoms with Crippen LogP contribution >= 0.6 is 0 Å². The maximum atomic E-state index is 13.2. The maximum absolute atomic E-state index is 13.2. The fourth-order valence-electron chi connectivity index (χ4n) is 3.89. The van der Waals surface area contributed by atoms with E-state index in [4.69, 9.17) is 0 Å². The van der Waals surface area contributed by atoms with Gasteiger partial charge in [-0.05, 0) is 50.3 Å². The number of benzene rings is 2. The molecule has 3 heteroatoms. The number of hydrogen-bond donors (Lipinski definition) is 1. The molecule has 3 nitrogen and oxygen atoms in total. The first-order chi connectivity index (χ1) is 12.9. The van der Waals surface area contributed by atoms with Gasteiger partial charge in [-0.2, -0.15) is 0 Å². The van der Waals surface area contributed by atoms with Gasteiger partial charge in [0.2, 0.25) is 0 Å². The zero-order chi connectivity index (χ0) is 19.4. The van der Waals surface area contributed by atoms with Crippen molar-refractivity contribution >= 4 is 11.5 Å². The van der Waals surface area contributed by atoms with E-state index in [1.807, 2.05) is 68.1 Å². The molecule has 0 aromatic heterocycles. The molecule has 1 amide bonds. The van der Waals surface area contributed by atoms with E-state index in [-0.39, 0.29) is 5.91 Å². The lowest BCUT2D eigenvalue weighted by Crippen LogP contribution is -2.48. The van der Waals surface area contributed by atoms with E-state index in [9.17, 15) is 9.90 Å². The van der Waals surface area contributed by atoms with Crippen molar-refractivity contribution in [2.24, 2.45) is 0 Å². The smallest absolute Gasteiger partial charge is 0.254 e. The van der Waals surface area contributed by atoms with E-state index in [0.717, 1.165) is 27.8 Å². The van der Waals surface area contributed by atoms with Crippen LogP contribution in [0.5, 0.6) is 0 Å². The van der Waals surface area contributed by atoms with Crippen LogP contribution in [-0.2, 0) is 11.2 Å². The number of aryl methyl sites for hydroxylation is 1. The fraction of sp³-hybridized carbons (Fsp3) is 0.375. The topological polar surface area (TPSA) is 40.5 Å². The second kappa shape index (κ2) is 8.10. The Kier molecular flexibility index (Phi) is 5.81. The fourth-order valence-corrected chi connectivity index (χ4v) is 3.89. The van der Waals surface area contributed by atoms with Gasteiger partial charge in [0.15, 0.2) is 0 Å². The number of carbonyl (C=O) groups is 1. The van der Waals surface area contributed by atoms with Gasteiger partial charge in [-0.3, -0.25) is 4.79 Å². The van der Waals surface area contributed by atoms with E-state index in [2.05, 4.69) is 12.1 Å². The average molecular weight is 364 g/mol. The van der Waals surface area contributed by atoms with Crippen molar-refractivity contribution in [2.45, 2.75) is 45.6 Å². The number of amides is 1. The molecule has 1 aliphatic rings. The molecule has 0 radical (unpaired) electrons. The van der Waals surface area contributed by atoms with Crippen LogP contribution in [0, 0.1) is 6.92 Å². The Morgan fingerprint density at radius 2 is 1.59 bits per heavy atom. The number of allylic oxidation sites excluding steroid dienone is 1. The van der Waals surface area contributed by atoms with Gasteiger partial charge in [-0.1, -0.05) is 60.2 Å². The number of carbonyl (C=O) groups excluding carboxylic acids is 1. The Balaban J connectivity index is 1.72. The third-order valence-corrected chi connectivity index (χ3v) is 5.49. The minimum atomic E-state index is -0.730. The van der Waals surface area contributed by atoms with Gasteiger partial charge in [0.25, 0.3) is 5.91 Å². The van der Waals surface area contributed by atoms with Crippen molar-refractivity contribution in [3.05, 3.63) is 76.9 Å². The quantitative estimate of drug-likeness (QED) is 0.819. The second-order valence-electron chi connectivity index (χ2n) is 7.87. The first-order valence-corrected chi connectivity index (χ1v) is 9.69. The molecule has 0 saturated carbocycles. The minimum Gasteiger partial charge on any atom is -0.389 e. The van der Waals surface area contributed by atoms with Crippen LogP contribution in [0.2, 0.25) is 0 Å². The summed E-state index contributed by atoms with van der Waals surface area (Å²) in [5, 5.41) is 11.0. The molecule has 1 N–H and O–H groups in total. The van der Waals surface area contributed by atoms with Crippen LogP contribution in [0.1, 0.15) is 43.4 Å². The van der Waals surface area contributed by atoms with Crippen molar-refractivity contribution in [3.8, 4) is 0 Å². The predicted molar refractivity (Wildman–Crippen MR) is 110 cm³/mol. The minimum absolute atomic E-state index is 0.0751. The van der Waals surface area contributed by atoms with E-state index >= 15 is 0 Å². The third-order valence-electron chi connectivity index (χ3n) is 5.49.